The summed E-state index contributed by atoms with van der Waals surface area (Å²) in [6.07, 6.45) is 0. The van der Waals surface area contributed by atoms with E-state index in [2.05, 4.69) is 0 Å². The summed E-state index contributed by atoms with van der Waals surface area (Å²) in [7, 11) is -3.39. The Hall–Kier alpha value is -1.81. The second-order valence-corrected chi connectivity index (χ2v) is 6.24. The summed E-state index contributed by atoms with van der Waals surface area (Å²) in [5, 5.41) is 0. The third-order valence-electron chi connectivity index (χ3n) is 2.70. The largest absolute Gasteiger partial charge is 0.398 e. The van der Waals surface area contributed by atoms with Gasteiger partial charge < -0.3 is 5.73 Å². The average molecular weight is 261 g/mol. The molecule has 0 bridgehead atoms. The summed E-state index contributed by atoms with van der Waals surface area (Å²) >= 11 is 0. The van der Waals surface area contributed by atoms with Crippen molar-refractivity contribution in [1.29, 1.82) is 0 Å². The average Bonchev–Trinajstić information content (AvgIpc) is 2.29. The van der Waals surface area contributed by atoms with E-state index in [-0.39, 0.29) is 10.6 Å². The normalized spacial score (nSPS) is 11.4. The van der Waals surface area contributed by atoms with Gasteiger partial charge in [-0.05, 0) is 30.2 Å². The number of hydrogen-bond donors (Lipinski definition) is 1. The van der Waals surface area contributed by atoms with Crippen LogP contribution in [0.15, 0.2) is 53.4 Å². The Morgan fingerprint density at radius 3 is 2.33 bits per heavy atom. The highest BCUT2D eigenvalue weighted by Gasteiger charge is 2.18. The lowest BCUT2D eigenvalue weighted by Crippen LogP contribution is -2.08. The first-order chi connectivity index (χ1) is 8.49. The number of anilines is 1. The molecular weight excluding hydrogens is 246 g/mol. The fraction of sp³-hybridized carbons (Fsp3) is 0.143. The van der Waals surface area contributed by atoms with Gasteiger partial charge in [-0.1, -0.05) is 36.4 Å². The molecule has 0 amide bonds. The minimum absolute atomic E-state index is 0.0267. The second-order valence-electron chi connectivity index (χ2n) is 4.29. The van der Waals surface area contributed by atoms with E-state index in [0.29, 0.717) is 5.69 Å². The van der Waals surface area contributed by atoms with E-state index in [1.807, 2.05) is 25.1 Å². The Morgan fingerprint density at radius 2 is 1.72 bits per heavy atom. The maximum atomic E-state index is 12.3. The lowest BCUT2D eigenvalue weighted by Gasteiger charge is -2.08. The molecule has 0 spiro atoms. The van der Waals surface area contributed by atoms with Crippen molar-refractivity contribution in [2.24, 2.45) is 0 Å². The van der Waals surface area contributed by atoms with E-state index in [1.54, 1.807) is 30.3 Å². The maximum absolute atomic E-state index is 12.3. The zero-order valence-electron chi connectivity index (χ0n) is 10.1. The molecule has 0 atom stereocenters. The van der Waals surface area contributed by atoms with Crippen LogP contribution in [0.4, 0.5) is 5.69 Å². The lowest BCUT2D eigenvalue weighted by atomic mass is 10.2. The van der Waals surface area contributed by atoms with Crippen LogP contribution in [0.25, 0.3) is 0 Å². The molecule has 0 aromatic heterocycles. The Kier molecular flexibility index (Phi) is 3.39. The topological polar surface area (TPSA) is 60.2 Å². The van der Waals surface area contributed by atoms with E-state index in [4.69, 9.17) is 5.73 Å². The first-order valence-electron chi connectivity index (χ1n) is 5.62. The van der Waals surface area contributed by atoms with E-state index < -0.39 is 9.84 Å². The fourth-order valence-electron chi connectivity index (χ4n) is 1.82. The predicted molar refractivity (Wildman–Crippen MR) is 72.9 cm³/mol. The number of benzene rings is 2. The zero-order chi connectivity index (χ0) is 13.2. The number of sulfone groups is 1. The summed E-state index contributed by atoms with van der Waals surface area (Å²) < 4.78 is 24.5. The van der Waals surface area contributed by atoms with Gasteiger partial charge in [0.2, 0.25) is 0 Å². The fourth-order valence-corrected chi connectivity index (χ4v) is 3.30. The molecule has 2 aromatic rings. The van der Waals surface area contributed by atoms with Gasteiger partial charge in [-0.25, -0.2) is 8.42 Å². The zero-order valence-corrected chi connectivity index (χ0v) is 10.9. The van der Waals surface area contributed by atoms with Gasteiger partial charge in [0, 0.05) is 0 Å². The smallest absolute Gasteiger partial charge is 0.184 e. The van der Waals surface area contributed by atoms with Crippen molar-refractivity contribution < 1.29 is 8.42 Å². The predicted octanol–water partition coefficient (Wildman–Crippen LogP) is 2.55. The molecule has 4 heteroatoms. The molecule has 3 nitrogen and oxygen atoms in total. The van der Waals surface area contributed by atoms with E-state index in [9.17, 15) is 8.42 Å². The summed E-state index contributed by atoms with van der Waals surface area (Å²) in [6, 6.07) is 14.1. The van der Waals surface area contributed by atoms with Gasteiger partial charge in [0.05, 0.1) is 16.3 Å². The van der Waals surface area contributed by atoms with Gasteiger partial charge in [-0.2, -0.15) is 0 Å². The number of rotatable bonds is 3. The quantitative estimate of drug-likeness (QED) is 0.864. The van der Waals surface area contributed by atoms with Crippen LogP contribution in [-0.4, -0.2) is 8.42 Å². The van der Waals surface area contributed by atoms with Crippen LogP contribution in [0.5, 0.6) is 0 Å². The van der Waals surface area contributed by atoms with Crippen LogP contribution in [-0.2, 0) is 15.6 Å². The molecule has 2 N–H and O–H groups in total. The van der Waals surface area contributed by atoms with Crippen molar-refractivity contribution in [3.8, 4) is 0 Å². The van der Waals surface area contributed by atoms with Crippen molar-refractivity contribution >= 4 is 15.5 Å². The van der Waals surface area contributed by atoms with E-state index in [1.165, 1.54) is 0 Å². The molecule has 94 valence electrons. The first kappa shape index (κ1) is 12.6. The van der Waals surface area contributed by atoms with Gasteiger partial charge in [-0.3, -0.25) is 0 Å². The van der Waals surface area contributed by atoms with Crippen LogP contribution < -0.4 is 5.73 Å². The highest BCUT2D eigenvalue weighted by atomic mass is 32.2. The lowest BCUT2D eigenvalue weighted by molar-refractivity contribution is 0.595. The molecule has 0 fully saturated rings. The Morgan fingerprint density at radius 1 is 1.06 bits per heavy atom. The summed E-state index contributed by atoms with van der Waals surface area (Å²) in [5.41, 5.74) is 7.80. The molecule has 0 heterocycles. The number of aryl methyl sites for hydroxylation is 1. The Balaban J connectivity index is 2.37. The third kappa shape index (κ3) is 2.71. The van der Waals surface area contributed by atoms with Gasteiger partial charge in [-0.15, -0.1) is 0 Å². The van der Waals surface area contributed by atoms with E-state index >= 15 is 0 Å². The minimum atomic E-state index is -3.39. The number of nitrogen functional groups attached to an aromatic ring is 1. The molecule has 0 aliphatic heterocycles. The SMILES string of the molecule is Cc1ccc(S(=O)(=O)Cc2ccccc2)c(N)c1. The summed E-state index contributed by atoms with van der Waals surface area (Å²) in [5.74, 6) is -0.0267. The second kappa shape index (κ2) is 4.82. The molecule has 0 saturated carbocycles. The van der Waals surface area contributed by atoms with Crippen molar-refractivity contribution in [3.05, 3.63) is 59.7 Å². The highest BCUT2D eigenvalue weighted by molar-refractivity contribution is 7.90. The van der Waals surface area contributed by atoms with Crippen LogP contribution in [0.2, 0.25) is 0 Å². The Labute approximate surface area is 107 Å². The van der Waals surface area contributed by atoms with E-state index in [0.717, 1.165) is 11.1 Å². The van der Waals surface area contributed by atoms with Crippen LogP contribution >= 0.6 is 0 Å². The number of hydrogen-bond acceptors (Lipinski definition) is 3. The van der Waals surface area contributed by atoms with Crippen LogP contribution in [0, 0.1) is 6.92 Å². The van der Waals surface area contributed by atoms with Gasteiger partial charge in [0.15, 0.2) is 9.84 Å². The van der Waals surface area contributed by atoms with Crippen molar-refractivity contribution in [2.45, 2.75) is 17.6 Å². The minimum Gasteiger partial charge on any atom is -0.398 e. The molecule has 0 aliphatic rings. The molecule has 0 saturated heterocycles. The summed E-state index contributed by atoms with van der Waals surface area (Å²) in [6.45, 7) is 1.88. The molecule has 2 rings (SSSR count). The van der Waals surface area contributed by atoms with Crippen molar-refractivity contribution in [1.82, 2.24) is 0 Å². The van der Waals surface area contributed by atoms with Gasteiger partial charge in [0.25, 0.3) is 0 Å². The molecule has 0 aliphatic carbocycles. The summed E-state index contributed by atoms with van der Waals surface area (Å²) in [4.78, 5) is 0.206. The van der Waals surface area contributed by atoms with Gasteiger partial charge >= 0.3 is 0 Å². The molecule has 18 heavy (non-hydrogen) atoms. The standard InChI is InChI=1S/C14H15NO2S/c1-11-7-8-14(13(15)9-11)18(16,17)10-12-5-3-2-4-6-12/h2-9H,10,15H2,1H3. The highest BCUT2D eigenvalue weighted by Crippen LogP contribution is 2.23. The van der Waals surface area contributed by atoms with Crippen molar-refractivity contribution in [2.75, 3.05) is 5.73 Å². The molecular formula is C14H15NO2S. The first-order valence-corrected chi connectivity index (χ1v) is 7.27. The Bertz CT molecular complexity index is 649. The van der Waals surface area contributed by atoms with Crippen LogP contribution in [0.1, 0.15) is 11.1 Å². The maximum Gasteiger partial charge on any atom is 0.184 e. The van der Waals surface area contributed by atoms with Crippen LogP contribution in [0.3, 0.4) is 0 Å². The molecule has 0 unspecified atom stereocenters. The third-order valence-corrected chi connectivity index (χ3v) is 4.46. The monoisotopic (exact) mass is 261 g/mol. The molecule has 0 radical (unpaired) electrons. The number of nitrogens with two attached hydrogens (primary N) is 1. The molecule has 2 aromatic carbocycles. The van der Waals surface area contributed by atoms with Crippen molar-refractivity contribution in [3.63, 3.8) is 0 Å². The van der Waals surface area contributed by atoms with Gasteiger partial charge in [0.1, 0.15) is 0 Å².